The molecule has 1 aliphatic rings. The quantitative estimate of drug-likeness (QED) is 0.802. The van der Waals surface area contributed by atoms with Crippen molar-refractivity contribution in [2.75, 3.05) is 13.2 Å². The van der Waals surface area contributed by atoms with E-state index in [1.807, 2.05) is 32.0 Å². The van der Waals surface area contributed by atoms with Gasteiger partial charge in [-0.25, -0.2) is 0 Å². The molecule has 0 saturated carbocycles. The summed E-state index contributed by atoms with van der Waals surface area (Å²) in [7, 11) is 0. The van der Waals surface area contributed by atoms with Crippen molar-refractivity contribution >= 4 is 12.4 Å². The van der Waals surface area contributed by atoms with Crippen molar-refractivity contribution in [1.29, 1.82) is 0 Å². The molecule has 1 N–H and O–H groups in total. The van der Waals surface area contributed by atoms with Crippen molar-refractivity contribution in [1.82, 2.24) is 4.90 Å². The lowest BCUT2D eigenvalue weighted by atomic mass is 9.84. The summed E-state index contributed by atoms with van der Waals surface area (Å²) in [4.78, 5) is 2.37. The van der Waals surface area contributed by atoms with Crippen molar-refractivity contribution in [3.63, 3.8) is 0 Å². The lowest BCUT2D eigenvalue weighted by molar-refractivity contribution is -0.0191. The average Bonchev–Trinajstić information content (AvgIpc) is 2.42. The zero-order valence-electron chi connectivity index (χ0n) is 15.8. The Balaban J connectivity index is 0.00000288. The van der Waals surface area contributed by atoms with E-state index in [9.17, 15) is 5.11 Å². The maximum absolute atomic E-state index is 10.5. The Morgan fingerprint density at radius 2 is 1.75 bits per heavy atom. The fraction of sp³-hybridized carbons (Fsp3) is 0.600. The summed E-state index contributed by atoms with van der Waals surface area (Å²) in [6.45, 7) is 13.9. The van der Waals surface area contributed by atoms with Crippen LogP contribution in [0, 0.1) is 13.8 Å². The number of halogens is 1. The molecule has 24 heavy (non-hydrogen) atoms. The molecule has 0 amide bonds. The van der Waals surface area contributed by atoms with Crippen LogP contribution in [0.4, 0.5) is 0 Å². The highest BCUT2D eigenvalue weighted by molar-refractivity contribution is 5.85. The number of aryl methyl sites for hydroxylation is 2. The van der Waals surface area contributed by atoms with Crippen LogP contribution in [0.15, 0.2) is 30.4 Å². The predicted molar refractivity (Wildman–Crippen MR) is 103 cm³/mol. The second-order valence-electron chi connectivity index (χ2n) is 7.87. The molecule has 1 unspecified atom stereocenters. The number of nitrogens with zero attached hydrogens (tertiary/aromatic N) is 1. The van der Waals surface area contributed by atoms with Crippen LogP contribution in [0.25, 0.3) is 0 Å². The number of para-hydroxylation sites is 1. The molecule has 1 aromatic rings. The fourth-order valence-corrected chi connectivity index (χ4v) is 3.57. The number of β-amino-alcohol motifs (C(OH)–C–C–N with tert-alkyl or cyclic N) is 1. The van der Waals surface area contributed by atoms with Gasteiger partial charge in [-0.15, -0.1) is 12.4 Å². The molecule has 4 heteroatoms. The van der Waals surface area contributed by atoms with Crippen LogP contribution >= 0.6 is 12.4 Å². The first kappa shape index (κ1) is 21.0. The molecule has 0 aliphatic carbocycles. The summed E-state index contributed by atoms with van der Waals surface area (Å²) in [6, 6.07) is 6.10. The lowest BCUT2D eigenvalue weighted by Gasteiger charge is -2.50. The number of rotatable bonds is 5. The van der Waals surface area contributed by atoms with E-state index in [0.29, 0.717) is 13.2 Å². The molecular weight excluding hydrogens is 322 g/mol. The van der Waals surface area contributed by atoms with E-state index in [1.165, 1.54) is 0 Å². The number of ether oxygens (including phenoxy) is 1. The molecular formula is C20H32ClNO2. The van der Waals surface area contributed by atoms with Gasteiger partial charge in [-0.05, 0) is 59.1 Å². The van der Waals surface area contributed by atoms with Crippen molar-refractivity contribution in [2.24, 2.45) is 0 Å². The van der Waals surface area contributed by atoms with E-state index < -0.39 is 6.10 Å². The van der Waals surface area contributed by atoms with Gasteiger partial charge < -0.3 is 9.84 Å². The number of aliphatic hydroxyl groups is 1. The monoisotopic (exact) mass is 353 g/mol. The van der Waals surface area contributed by atoms with Crippen LogP contribution in [0.5, 0.6) is 5.75 Å². The van der Waals surface area contributed by atoms with Gasteiger partial charge in [0.05, 0.1) is 0 Å². The van der Waals surface area contributed by atoms with Gasteiger partial charge in [-0.3, -0.25) is 4.90 Å². The molecule has 0 fully saturated rings. The van der Waals surface area contributed by atoms with Gasteiger partial charge in [0.1, 0.15) is 18.5 Å². The predicted octanol–water partition coefficient (Wildman–Crippen LogP) is 4.28. The van der Waals surface area contributed by atoms with Crippen LogP contribution in [-0.2, 0) is 0 Å². The molecule has 1 atom stereocenters. The third kappa shape index (κ3) is 4.75. The molecule has 2 rings (SSSR count). The maximum Gasteiger partial charge on any atom is 0.125 e. The Hall–Kier alpha value is -1.03. The fourth-order valence-electron chi connectivity index (χ4n) is 3.57. The standard InChI is InChI=1S/C20H31NO2.ClH/c1-15-9-7-10-16(2)18(15)23-14-17(22)13-21-19(3,4)11-8-12-20(21,5)6;/h7-11,17,22H,12-14H2,1-6H3;1H. The van der Waals surface area contributed by atoms with Crippen LogP contribution < -0.4 is 4.74 Å². The van der Waals surface area contributed by atoms with Crippen LogP contribution in [0.2, 0.25) is 0 Å². The Bertz CT molecular complexity index is 561. The highest BCUT2D eigenvalue weighted by atomic mass is 35.5. The summed E-state index contributed by atoms with van der Waals surface area (Å²) in [5.41, 5.74) is 2.21. The molecule has 1 heterocycles. The SMILES string of the molecule is Cc1cccc(C)c1OCC(O)CN1C(C)(C)C=CCC1(C)C.Cl. The third-order valence-corrected chi connectivity index (χ3v) is 4.79. The van der Waals surface area contributed by atoms with Gasteiger partial charge in [0.15, 0.2) is 0 Å². The van der Waals surface area contributed by atoms with Crippen LogP contribution in [-0.4, -0.2) is 40.3 Å². The van der Waals surface area contributed by atoms with Crippen molar-refractivity contribution in [3.05, 3.63) is 41.5 Å². The van der Waals surface area contributed by atoms with E-state index >= 15 is 0 Å². The number of hydrogen-bond donors (Lipinski definition) is 1. The summed E-state index contributed by atoms with van der Waals surface area (Å²) < 4.78 is 5.91. The minimum absolute atomic E-state index is 0. The zero-order valence-corrected chi connectivity index (χ0v) is 16.6. The van der Waals surface area contributed by atoms with Gasteiger partial charge in [0.25, 0.3) is 0 Å². The summed E-state index contributed by atoms with van der Waals surface area (Å²) >= 11 is 0. The first-order chi connectivity index (χ1) is 10.6. The normalized spacial score (nSPS) is 20.3. The Labute approximate surface area is 153 Å². The van der Waals surface area contributed by atoms with E-state index in [1.54, 1.807) is 0 Å². The van der Waals surface area contributed by atoms with Gasteiger partial charge >= 0.3 is 0 Å². The first-order valence-corrected chi connectivity index (χ1v) is 8.46. The Morgan fingerprint density at radius 3 is 2.29 bits per heavy atom. The molecule has 0 saturated heterocycles. The molecule has 1 aliphatic heterocycles. The van der Waals surface area contributed by atoms with Crippen molar-refractivity contribution in [2.45, 2.75) is 65.1 Å². The summed E-state index contributed by atoms with van der Waals surface area (Å²) in [6.07, 6.45) is 4.97. The molecule has 0 aromatic heterocycles. The van der Waals surface area contributed by atoms with Crippen LogP contribution in [0.3, 0.4) is 0 Å². The number of hydrogen-bond acceptors (Lipinski definition) is 3. The molecule has 0 radical (unpaired) electrons. The Kier molecular flexibility index (Phi) is 6.92. The van der Waals surface area contributed by atoms with Crippen molar-refractivity contribution < 1.29 is 9.84 Å². The van der Waals surface area contributed by atoms with Gasteiger partial charge in [-0.1, -0.05) is 30.4 Å². The second kappa shape index (κ2) is 7.90. The van der Waals surface area contributed by atoms with Gasteiger partial charge in [0, 0.05) is 17.6 Å². The van der Waals surface area contributed by atoms with Gasteiger partial charge in [0.2, 0.25) is 0 Å². The van der Waals surface area contributed by atoms with E-state index in [-0.39, 0.29) is 23.5 Å². The lowest BCUT2D eigenvalue weighted by Crippen LogP contribution is -2.59. The van der Waals surface area contributed by atoms with Gasteiger partial charge in [-0.2, -0.15) is 0 Å². The second-order valence-corrected chi connectivity index (χ2v) is 7.87. The van der Waals surface area contributed by atoms with Crippen LogP contribution in [0.1, 0.15) is 45.2 Å². The molecule has 0 bridgehead atoms. The maximum atomic E-state index is 10.5. The Morgan fingerprint density at radius 1 is 1.17 bits per heavy atom. The highest BCUT2D eigenvalue weighted by Crippen LogP contribution is 2.34. The number of benzene rings is 1. The summed E-state index contributed by atoms with van der Waals surface area (Å²) in [5, 5.41) is 10.5. The minimum Gasteiger partial charge on any atom is -0.490 e. The van der Waals surface area contributed by atoms with E-state index in [2.05, 4.69) is 44.7 Å². The number of aliphatic hydroxyl groups excluding tert-OH is 1. The minimum atomic E-state index is -0.515. The average molecular weight is 354 g/mol. The third-order valence-electron chi connectivity index (χ3n) is 4.79. The van der Waals surface area contributed by atoms with Crippen molar-refractivity contribution in [3.8, 4) is 5.75 Å². The van der Waals surface area contributed by atoms with E-state index in [4.69, 9.17) is 4.74 Å². The molecule has 1 aromatic carbocycles. The topological polar surface area (TPSA) is 32.7 Å². The molecule has 136 valence electrons. The van der Waals surface area contributed by atoms with E-state index in [0.717, 1.165) is 23.3 Å². The zero-order chi connectivity index (χ0) is 17.3. The highest BCUT2D eigenvalue weighted by Gasteiger charge is 2.39. The first-order valence-electron chi connectivity index (χ1n) is 8.46. The summed E-state index contributed by atoms with van der Waals surface area (Å²) in [5.74, 6) is 0.892. The smallest absolute Gasteiger partial charge is 0.125 e. The molecule has 0 spiro atoms. The molecule has 3 nitrogen and oxygen atoms in total. The largest absolute Gasteiger partial charge is 0.490 e.